The molecule has 3 nitrogen and oxygen atoms in total. The van der Waals surface area contributed by atoms with E-state index in [1.165, 1.54) is 12.8 Å². The molecule has 1 saturated heterocycles. The fourth-order valence-corrected chi connectivity index (χ4v) is 1.63. The van der Waals surface area contributed by atoms with Crippen molar-refractivity contribution in [3.8, 4) is 0 Å². The highest BCUT2D eigenvalue weighted by Crippen LogP contribution is 2.10. The molecule has 0 aromatic rings. The molecule has 0 saturated carbocycles. The number of hydrogen-bond acceptors (Lipinski definition) is 2. The van der Waals surface area contributed by atoms with Gasteiger partial charge in [0.05, 0.1) is 0 Å². The molecule has 0 aromatic heterocycles. The van der Waals surface area contributed by atoms with Gasteiger partial charge in [0.25, 0.3) is 0 Å². The lowest BCUT2D eigenvalue weighted by molar-refractivity contribution is 0.110. The van der Waals surface area contributed by atoms with Crippen molar-refractivity contribution in [2.75, 3.05) is 25.0 Å². The second kappa shape index (κ2) is 6.24. The number of nitrogens with zero attached hydrogens (tertiary/aromatic N) is 1. The first-order valence-corrected chi connectivity index (χ1v) is 5.94. The van der Waals surface area contributed by atoms with E-state index in [-0.39, 0.29) is 6.09 Å². The summed E-state index contributed by atoms with van der Waals surface area (Å²) in [5.74, 6) is 0. The third-order valence-corrected chi connectivity index (χ3v) is 2.49. The zero-order valence-electron chi connectivity index (χ0n) is 7.80. The minimum absolute atomic E-state index is 0.152. The fraction of sp³-hybridized carbons (Fsp3) is 0.889. The lowest BCUT2D eigenvalue weighted by atomic mass is 10.2. The van der Waals surface area contributed by atoms with Gasteiger partial charge < -0.3 is 9.64 Å². The highest BCUT2D eigenvalue weighted by atomic mass is 79.9. The Bertz CT molecular complexity index is 156. The zero-order chi connectivity index (χ0) is 9.52. The molecule has 0 spiro atoms. The van der Waals surface area contributed by atoms with E-state index >= 15 is 0 Å². The molecule has 0 aliphatic carbocycles. The van der Waals surface area contributed by atoms with Gasteiger partial charge in [-0.05, 0) is 12.8 Å². The van der Waals surface area contributed by atoms with Crippen LogP contribution in [0.4, 0.5) is 4.79 Å². The van der Waals surface area contributed by atoms with Crippen LogP contribution in [-0.4, -0.2) is 36.0 Å². The molecule has 1 fully saturated rings. The Balaban J connectivity index is 2.26. The van der Waals surface area contributed by atoms with Gasteiger partial charge in [0.1, 0.15) is 6.61 Å². The van der Waals surface area contributed by atoms with Crippen LogP contribution >= 0.6 is 15.9 Å². The van der Waals surface area contributed by atoms with Crippen molar-refractivity contribution in [3.05, 3.63) is 0 Å². The summed E-state index contributed by atoms with van der Waals surface area (Å²) in [7, 11) is 0. The fourth-order valence-electron chi connectivity index (χ4n) is 1.47. The first-order chi connectivity index (χ1) is 6.34. The minimum atomic E-state index is -0.152. The van der Waals surface area contributed by atoms with Crippen molar-refractivity contribution >= 4 is 22.0 Å². The Hall–Kier alpha value is -0.250. The summed E-state index contributed by atoms with van der Waals surface area (Å²) in [5.41, 5.74) is 0. The summed E-state index contributed by atoms with van der Waals surface area (Å²) in [6, 6.07) is 0. The van der Waals surface area contributed by atoms with Gasteiger partial charge in [0, 0.05) is 18.4 Å². The SMILES string of the molecule is O=C(OCCBr)N1CCCCCC1. The number of halogens is 1. The molecule has 1 heterocycles. The van der Waals surface area contributed by atoms with Crippen molar-refractivity contribution in [2.45, 2.75) is 25.7 Å². The number of likely N-dealkylation sites (tertiary alicyclic amines) is 1. The van der Waals surface area contributed by atoms with Crippen LogP contribution in [0.25, 0.3) is 0 Å². The predicted molar refractivity (Wildman–Crippen MR) is 55.2 cm³/mol. The number of carbonyl (C=O) groups is 1. The van der Waals surface area contributed by atoms with Crippen LogP contribution in [0.3, 0.4) is 0 Å². The quantitative estimate of drug-likeness (QED) is 0.704. The molecular weight excluding hydrogens is 234 g/mol. The molecule has 76 valence electrons. The summed E-state index contributed by atoms with van der Waals surface area (Å²) >= 11 is 3.22. The Kier molecular flexibility index (Phi) is 5.20. The molecule has 0 unspecified atom stereocenters. The van der Waals surface area contributed by atoms with E-state index in [9.17, 15) is 4.79 Å². The third-order valence-electron chi connectivity index (χ3n) is 2.17. The smallest absolute Gasteiger partial charge is 0.409 e. The first kappa shape index (κ1) is 10.8. The van der Waals surface area contributed by atoms with Gasteiger partial charge in [0.15, 0.2) is 0 Å². The van der Waals surface area contributed by atoms with Crippen molar-refractivity contribution in [1.82, 2.24) is 4.90 Å². The van der Waals surface area contributed by atoms with E-state index in [0.717, 1.165) is 25.9 Å². The van der Waals surface area contributed by atoms with Crippen LogP contribution in [0.1, 0.15) is 25.7 Å². The van der Waals surface area contributed by atoms with Crippen molar-refractivity contribution in [2.24, 2.45) is 0 Å². The van der Waals surface area contributed by atoms with Crippen molar-refractivity contribution in [3.63, 3.8) is 0 Å². The van der Waals surface area contributed by atoms with Gasteiger partial charge in [-0.1, -0.05) is 28.8 Å². The molecule has 0 N–H and O–H groups in total. The van der Waals surface area contributed by atoms with Crippen LogP contribution in [-0.2, 0) is 4.74 Å². The average molecular weight is 250 g/mol. The minimum Gasteiger partial charge on any atom is -0.449 e. The topological polar surface area (TPSA) is 29.5 Å². The van der Waals surface area contributed by atoms with E-state index in [0.29, 0.717) is 11.9 Å². The summed E-state index contributed by atoms with van der Waals surface area (Å²) in [6.07, 6.45) is 4.55. The van der Waals surface area contributed by atoms with Crippen LogP contribution < -0.4 is 0 Å². The molecule has 1 amide bonds. The Morgan fingerprint density at radius 3 is 2.38 bits per heavy atom. The number of hydrogen-bond donors (Lipinski definition) is 0. The average Bonchev–Trinajstić information content (AvgIpc) is 2.42. The Morgan fingerprint density at radius 2 is 1.85 bits per heavy atom. The van der Waals surface area contributed by atoms with E-state index in [4.69, 9.17) is 4.74 Å². The lowest BCUT2D eigenvalue weighted by Crippen LogP contribution is -2.32. The molecule has 1 aliphatic heterocycles. The second-order valence-corrected chi connectivity index (χ2v) is 4.00. The van der Waals surface area contributed by atoms with Gasteiger partial charge in [-0.3, -0.25) is 0 Å². The highest BCUT2D eigenvalue weighted by molar-refractivity contribution is 9.09. The predicted octanol–water partition coefficient (Wildman–Crippen LogP) is 2.39. The van der Waals surface area contributed by atoms with Crippen molar-refractivity contribution < 1.29 is 9.53 Å². The molecular formula is C9H16BrNO2. The van der Waals surface area contributed by atoms with Crippen LogP contribution in [0, 0.1) is 0 Å². The molecule has 0 bridgehead atoms. The van der Waals surface area contributed by atoms with Gasteiger partial charge in [0.2, 0.25) is 0 Å². The van der Waals surface area contributed by atoms with E-state index in [1.807, 2.05) is 4.90 Å². The molecule has 4 heteroatoms. The number of amides is 1. The number of alkyl halides is 1. The highest BCUT2D eigenvalue weighted by Gasteiger charge is 2.15. The van der Waals surface area contributed by atoms with Gasteiger partial charge >= 0.3 is 6.09 Å². The maximum atomic E-state index is 11.4. The number of rotatable bonds is 2. The molecule has 1 rings (SSSR count). The standard InChI is InChI=1S/C9H16BrNO2/c10-5-8-13-9(12)11-6-3-1-2-4-7-11/h1-8H2. The van der Waals surface area contributed by atoms with Crippen LogP contribution in [0.5, 0.6) is 0 Å². The summed E-state index contributed by atoms with van der Waals surface area (Å²) < 4.78 is 5.03. The lowest BCUT2D eigenvalue weighted by Gasteiger charge is -2.19. The van der Waals surface area contributed by atoms with Gasteiger partial charge in [-0.25, -0.2) is 4.79 Å². The largest absolute Gasteiger partial charge is 0.449 e. The monoisotopic (exact) mass is 249 g/mol. The van der Waals surface area contributed by atoms with E-state index < -0.39 is 0 Å². The Labute approximate surface area is 87.6 Å². The number of ether oxygens (including phenoxy) is 1. The molecule has 13 heavy (non-hydrogen) atoms. The van der Waals surface area contributed by atoms with E-state index in [2.05, 4.69) is 15.9 Å². The number of carbonyl (C=O) groups excluding carboxylic acids is 1. The summed E-state index contributed by atoms with van der Waals surface area (Å²) in [6.45, 7) is 2.19. The molecule has 0 atom stereocenters. The third kappa shape index (κ3) is 3.98. The maximum absolute atomic E-state index is 11.4. The Morgan fingerprint density at radius 1 is 1.23 bits per heavy atom. The first-order valence-electron chi connectivity index (χ1n) is 4.82. The zero-order valence-corrected chi connectivity index (χ0v) is 9.38. The van der Waals surface area contributed by atoms with E-state index in [1.54, 1.807) is 0 Å². The molecule has 0 aromatic carbocycles. The second-order valence-electron chi connectivity index (χ2n) is 3.20. The van der Waals surface area contributed by atoms with Gasteiger partial charge in [-0.15, -0.1) is 0 Å². The van der Waals surface area contributed by atoms with Gasteiger partial charge in [-0.2, -0.15) is 0 Å². The van der Waals surface area contributed by atoms with Crippen LogP contribution in [0.15, 0.2) is 0 Å². The normalized spacial score (nSPS) is 18.1. The molecule has 0 radical (unpaired) electrons. The summed E-state index contributed by atoms with van der Waals surface area (Å²) in [5, 5.41) is 0.715. The van der Waals surface area contributed by atoms with Crippen molar-refractivity contribution in [1.29, 1.82) is 0 Å². The van der Waals surface area contributed by atoms with Crippen LogP contribution in [0.2, 0.25) is 0 Å². The maximum Gasteiger partial charge on any atom is 0.409 e. The summed E-state index contributed by atoms with van der Waals surface area (Å²) in [4.78, 5) is 13.2. The molecule has 1 aliphatic rings.